The number of hydrogen-bond donors (Lipinski definition) is 1. The summed E-state index contributed by atoms with van der Waals surface area (Å²) in [6.07, 6.45) is 1.21. The molecule has 8 heteroatoms. The summed E-state index contributed by atoms with van der Waals surface area (Å²) in [5, 5.41) is 7.72. The third kappa shape index (κ3) is 1.89. The zero-order valence-corrected chi connectivity index (χ0v) is 10.1. The van der Waals surface area contributed by atoms with Crippen LogP contribution in [0.15, 0.2) is 11.1 Å². The van der Waals surface area contributed by atoms with E-state index in [1.54, 1.807) is 4.68 Å². The van der Waals surface area contributed by atoms with Gasteiger partial charge in [0.25, 0.3) is 5.56 Å². The van der Waals surface area contributed by atoms with Crippen molar-refractivity contribution < 1.29 is 9.47 Å². The quantitative estimate of drug-likeness (QED) is 0.785. The summed E-state index contributed by atoms with van der Waals surface area (Å²) >= 11 is 0. The summed E-state index contributed by atoms with van der Waals surface area (Å²) in [5.74, 6) is -0.577. The molecule has 0 amide bonds. The Kier molecular flexibility index (Phi) is 2.42. The highest BCUT2D eigenvalue weighted by Gasteiger charge is 2.33. The summed E-state index contributed by atoms with van der Waals surface area (Å²) < 4.78 is 12.7. The van der Waals surface area contributed by atoms with E-state index >= 15 is 0 Å². The van der Waals surface area contributed by atoms with E-state index in [-0.39, 0.29) is 17.2 Å². The number of H-pyrrole nitrogens is 1. The molecule has 0 aliphatic carbocycles. The van der Waals surface area contributed by atoms with Crippen molar-refractivity contribution in [3.05, 3.63) is 16.7 Å². The Hall–Kier alpha value is -1.80. The molecule has 0 saturated carbocycles. The van der Waals surface area contributed by atoms with Gasteiger partial charge in [0, 0.05) is 0 Å². The molecule has 3 rings (SSSR count). The van der Waals surface area contributed by atoms with Crippen molar-refractivity contribution in [2.24, 2.45) is 0 Å². The van der Waals surface area contributed by atoms with Gasteiger partial charge in [0.1, 0.15) is 6.10 Å². The van der Waals surface area contributed by atoms with Gasteiger partial charge in [-0.2, -0.15) is 0 Å². The third-order valence-corrected chi connectivity index (χ3v) is 2.75. The first-order chi connectivity index (χ1) is 8.55. The maximum Gasteiger partial charge on any atom is 0.280 e. The zero-order valence-electron chi connectivity index (χ0n) is 10.1. The maximum absolute atomic E-state index is 11.5. The van der Waals surface area contributed by atoms with Crippen LogP contribution in [0.5, 0.6) is 0 Å². The number of ether oxygens (including phenoxy) is 2. The minimum absolute atomic E-state index is 0.119. The Morgan fingerprint density at radius 3 is 3.17 bits per heavy atom. The molecule has 96 valence electrons. The van der Waals surface area contributed by atoms with Crippen molar-refractivity contribution in [3.8, 4) is 0 Å². The van der Waals surface area contributed by atoms with Gasteiger partial charge in [0.2, 0.25) is 0 Å². The van der Waals surface area contributed by atoms with Gasteiger partial charge >= 0.3 is 0 Å². The van der Waals surface area contributed by atoms with Gasteiger partial charge in [-0.05, 0) is 13.8 Å². The van der Waals surface area contributed by atoms with Gasteiger partial charge in [0.15, 0.2) is 17.0 Å². The second-order valence-electron chi connectivity index (χ2n) is 4.63. The lowest BCUT2D eigenvalue weighted by atomic mass is 10.3. The molecule has 1 saturated heterocycles. The highest BCUT2D eigenvalue weighted by atomic mass is 16.7. The Morgan fingerprint density at radius 1 is 1.61 bits per heavy atom. The molecule has 1 unspecified atom stereocenters. The highest BCUT2D eigenvalue weighted by Crippen LogP contribution is 2.23. The topological polar surface area (TPSA) is 94.9 Å². The monoisotopic (exact) mass is 251 g/mol. The van der Waals surface area contributed by atoms with Crippen LogP contribution >= 0.6 is 0 Å². The second-order valence-corrected chi connectivity index (χ2v) is 4.63. The van der Waals surface area contributed by atoms with Gasteiger partial charge in [-0.25, -0.2) is 9.67 Å². The number of hydrogen-bond acceptors (Lipinski definition) is 6. The average molecular weight is 251 g/mol. The fourth-order valence-electron chi connectivity index (χ4n) is 1.97. The number of fused-ring (bicyclic) bond motifs is 1. The standard InChI is InChI=1S/C10H13N5O3/c1-10(2)17-4-6(18-10)3-15-8-7(13-14-15)9(16)12-5-11-8/h5-6H,3-4H2,1-2H3,(H,11,12,16). The van der Waals surface area contributed by atoms with Gasteiger partial charge in [0.05, 0.1) is 19.5 Å². The molecule has 1 fully saturated rings. The smallest absolute Gasteiger partial charge is 0.280 e. The zero-order chi connectivity index (χ0) is 12.8. The van der Waals surface area contributed by atoms with E-state index < -0.39 is 5.79 Å². The van der Waals surface area contributed by atoms with Crippen LogP contribution in [-0.2, 0) is 16.0 Å². The number of aromatic amines is 1. The summed E-state index contributed by atoms with van der Waals surface area (Å²) in [7, 11) is 0. The van der Waals surface area contributed by atoms with Crippen LogP contribution in [0.2, 0.25) is 0 Å². The normalized spacial score (nSPS) is 22.7. The number of nitrogens with one attached hydrogen (secondary N) is 1. The first kappa shape index (κ1) is 11.3. The molecule has 1 atom stereocenters. The number of aromatic nitrogens is 5. The molecule has 2 aromatic rings. The summed E-state index contributed by atoms with van der Waals surface area (Å²) in [6.45, 7) is 4.65. The molecule has 0 bridgehead atoms. The van der Waals surface area contributed by atoms with E-state index in [0.29, 0.717) is 18.8 Å². The van der Waals surface area contributed by atoms with Crippen molar-refractivity contribution in [2.75, 3.05) is 6.61 Å². The lowest BCUT2D eigenvalue weighted by Gasteiger charge is -2.16. The predicted molar refractivity (Wildman–Crippen MR) is 60.8 cm³/mol. The molecule has 2 aromatic heterocycles. The van der Waals surface area contributed by atoms with Crippen LogP contribution in [0.25, 0.3) is 11.2 Å². The van der Waals surface area contributed by atoms with Crippen LogP contribution in [-0.4, -0.2) is 43.5 Å². The summed E-state index contributed by atoms with van der Waals surface area (Å²) in [4.78, 5) is 18.0. The van der Waals surface area contributed by atoms with Crippen LogP contribution in [0, 0.1) is 0 Å². The number of nitrogens with zero attached hydrogens (tertiary/aromatic N) is 4. The van der Waals surface area contributed by atoms with E-state index in [1.165, 1.54) is 6.33 Å². The van der Waals surface area contributed by atoms with Gasteiger partial charge in [-0.1, -0.05) is 5.21 Å². The molecule has 8 nitrogen and oxygen atoms in total. The largest absolute Gasteiger partial charge is 0.348 e. The molecule has 18 heavy (non-hydrogen) atoms. The molecular formula is C10H13N5O3. The van der Waals surface area contributed by atoms with Crippen molar-refractivity contribution in [1.29, 1.82) is 0 Å². The molecule has 1 N–H and O–H groups in total. The number of rotatable bonds is 2. The molecule has 0 aromatic carbocycles. The Labute approximate surface area is 102 Å². The molecule has 0 spiro atoms. The summed E-state index contributed by atoms with van der Waals surface area (Å²) in [5.41, 5.74) is 0.387. The van der Waals surface area contributed by atoms with Gasteiger partial charge < -0.3 is 14.5 Å². The first-order valence-corrected chi connectivity index (χ1v) is 5.64. The van der Waals surface area contributed by atoms with E-state index in [4.69, 9.17) is 9.47 Å². The maximum atomic E-state index is 11.5. The Balaban J connectivity index is 1.88. The minimum atomic E-state index is -0.577. The SMILES string of the molecule is CC1(C)OCC(Cn2nnc3c(=O)[nH]cnc32)O1. The molecule has 1 aliphatic rings. The predicted octanol–water partition coefficient (Wildman–Crippen LogP) is -0.334. The van der Waals surface area contributed by atoms with Crippen molar-refractivity contribution in [3.63, 3.8) is 0 Å². The third-order valence-electron chi connectivity index (χ3n) is 2.75. The van der Waals surface area contributed by atoms with E-state index in [2.05, 4.69) is 20.3 Å². The van der Waals surface area contributed by atoms with E-state index in [9.17, 15) is 4.79 Å². The Bertz CT molecular complexity index is 632. The highest BCUT2D eigenvalue weighted by molar-refractivity contribution is 5.67. The molecule has 0 radical (unpaired) electrons. The first-order valence-electron chi connectivity index (χ1n) is 5.64. The van der Waals surface area contributed by atoms with Crippen LogP contribution < -0.4 is 5.56 Å². The van der Waals surface area contributed by atoms with Crippen molar-refractivity contribution >= 4 is 11.2 Å². The fraction of sp³-hybridized carbons (Fsp3) is 0.600. The second kappa shape index (κ2) is 3.85. The fourth-order valence-corrected chi connectivity index (χ4v) is 1.97. The molecular weight excluding hydrogens is 238 g/mol. The van der Waals surface area contributed by atoms with Crippen molar-refractivity contribution in [2.45, 2.75) is 32.3 Å². The average Bonchev–Trinajstić information content (AvgIpc) is 2.85. The van der Waals surface area contributed by atoms with Crippen LogP contribution in [0.1, 0.15) is 13.8 Å². The lowest BCUT2D eigenvalue weighted by molar-refractivity contribution is -0.139. The lowest BCUT2D eigenvalue weighted by Crippen LogP contribution is -2.24. The molecule has 3 heterocycles. The van der Waals surface area contributed by atoms with Crippen molar-refractivity contribution in [1.82, 2.24) is 25.0 Å². The van der Waals surface area contributed by atoms with E-state index in [0.717, 1.165) is 0 Å². The Morgan fingerprint density at radius 2 is 2.44 bits per heavy atom. The van der Waals surface area contributed by atoms with Crippen LogP contribution in [0.3, 0.4) is 0 Å². The summed E-state index contributed by atoms with van der Waals surface area (Å²) in [6, 6.07) is 0. The van der Waals surface area contributed by atoms with Gasteiger partial charge in [-0.15, -0.1) is 5.10 Å². The molecule has 1 aliphatic heterocycles. The van der Waals surface area contributed by atoms with E-state index in [1.807, 2.05) is 13.8 Å². The van der Waals surface area contributed by atoms with Gasteiger partial charge in [-0.3, -0.25) is 4.79 Å². The minimum Gasteiger partial charge on any atom is -0.348 e. The van der Waals surface area contributed by atoms with Crippen LogP contribution in [0.4, 0.5) is 0 Å².